The summed E-state index contributed by atoms with van der Waals surface area (Å²) in [6.45, 7) is 0.503. The van der Waals surface area contributed by atoms with Crippen LogP contribution in [0.25, 0.3) is 10.2 Å². The molecule has 30 heavy (non-hydrogen) atoms. The summed E-state index contributed by atoms with van der Waals surface area (Å²) in [5.74, 6) is 0.989. The Labute approximate surface area is 189 Å². The Bertz CT molecular complexity index is 1120. The number of fused-ring (bicyclic) bond motifs is 1. The Balaban J connectivity index is 1.49. The van der Waals surface area contributed by atoms with Gasteiger partial charge in [0.1, 0.15) is 5.52 Å². The van der Waals surface area contributed by atoms with Gasteiger partial charge >= 0.3 is 0 Å². The number of benzene rings is 3. The first-order valence-corrected chi connectivity index (χ1v) is 12.0. The lowest BCUT2D eigenvalue weighted by Crippen LogP contribution is -2.30. The molecule has 4 aromatic rings. The van der Waals surface area contributed by atoms with Gasteiger partial charge in [-0.3, -0.25) is 9.69 Å². The van der Waals surface area contributed by atoms with Crippen LogP contribution in [0.4, 0.5) is 5.13 Å². The second-order valence-corrected chi connectivity index (χ2v) is 9.40. The van der Waals surface area contributed by atoms with Gasteiger partial charge < -0.3 is 0 Å². The van der Waals surface area contributed by atoms with Crippen molar-refractivity contribution in [3.8, 4) is 0 Å². The second-order valence-electron chi connectivity index (χ2n) is 6.81. The molecule has 152 valence electrons. The Kier molecular flexibility index (Phi) is 7.05. The average molecular weight is 453 g/mol. The highest BCUT2D eigenvalue weighted by Crippen LogP contribution is 2.34. The van der Waals surface area contributed by atoms with Crippen molar-refractivity contribution in [1.82, 2.24) is 4.98 Å². The summed E-state index contributed by atoms with van der Waals surface area (Å²) < 4.78 is 0.989. The number of thioether (sulfide) groups is 1. The third kappa shape index (κ3) is 5.22. The Morgan fingerprint density at radius 3 is 2.43 bits per heavy atom. The van der Waals surface area contributed by atoms with E-state index in [-0.39, 0.29) is 5.91 Å². The quantitative estimate of drug-likeness (QED) is 0.212. The molecule has 0 N–H and O–H groups in total. The molecule has 4 rings (SSSR count). The summed E-state index contributed by atoms with van der Waals surface area (Å²) in [5.41, 5.74) is 1.83. The van der Waals surface area contributed by atoms with Gasteiger partial charge in [-0.2, -0.15) is 0 Å². The third-order valence-electron chi connectivity index (χ3n) is 4.62. The van der Waals surface area contributed by atoms with Crippen molar-refractivity contribution >= 4 is 56.0 Å². The number of nitrogens with zero attached hydrogens (tertiary/aromatic N) is 2. The maximum atomic E-state index is 13.2. The lowest BCUT2D eigenvalue weighted by Gasteiger charge is -2.20. The van der Waals surface area contributed by atoms with Gasteiger partial charge in [-0.05, 0) is 42.0 Å². The molecule has 0 aliphatic heterocycles. The first-order chi connectivity index (χ1) is 14.7. The summed E-state index contributed by atoms with van der Waals surface area (Å²) in [7, 11) is 0. The fourth-order valence-electron chi connectivity index (χ4n) is 3.11. The van der Waals surface area contributed by atoms with E-state index in [2.05, 4.69) is 12.1 Å². The Hall–Kier alpha value is -2.34. The number of aromatic nitrogens is 1. The van der Waals surface area contributed by atoms with Crippen LogP contribution >= 0.6 is 34.7 Å². The lowest BCUT2D eigenvalue weighted by atomic mass is 10.2. The normalized spacial score (nSPS) is 11.0. The molecule has 0 saturated heterocycles. The molecule has 0 bridgehead atoms. The highest BCUT2D eigenvalue weighted by molar-refractivity contribution is 7.99. The van der Waals surface area contributed by atoms with Gasteiger partial charge in [0.2, 0.25) is 5.91 Å². The van der Waals surface area contributed by atoms with Crippen LogP contribution in [-0.2, 0) is 11.3 Å². The zero-order chi connectivity index (χ0) is 20.8. The zero-order valence-electron chi connectivity index (χ0n) is 16.3. The molecule has 0 aliphatic rings. The number of amides is 1. The molecule has 3 aromatic carbocycles. The molecular formula is C24H21ClN2OS2. The van der Waals surface area contributed by atoms with Crippen LogP contribution in [-0.4, -0.2) is 16.6 Å². The van der Waals surface area contributed by atoms with Crippen LogP contribution in [0, 0.1) is 0 Å². The Morgan fingerprint density at radius 1 is 0.967 bits per heavy atom. The number of hydrogen-bond donors (Lipinski definition) is 0. The number of para-hydroxylation sites is 1. The summed E-state index contributed by atoms with van der Waals surface area (Å²) in [5, 5.41) is 1.31. The maximum absolute atomic E-state index is 13.2. The largest absolute Gasteiger partial charge is 0.284 e. The van der Waals surface area contributed by atoms with Crippen LogP contribution in [0.1, 0.15) is 18.4 Å². The number of anilines is 1. The molecule has 1 aromatic heterocycles. The van der Waals surface area contributed by atoms with Crippen LogP contribution in [0.15, 0.2) is 83.8 Å². The van der Waals surface area contributed by atoms with Crippen molar-refractivity contribution in [3.05, 3.63) is 89.4 Å². The van der Waals surface area contributed by atoms with Crippen molar-refractivity contribution in [1.29, 1.82) is 0 Å². The van der Waals surface area contributed by atoms with E-state index in [4.69, 9.17) is 16.6 Å². The molecule has 1 heterocycles. The molecule has 0 atom stereocenters. The highest BCUT2D eigenvalue weighted by Gasteiger charge is 2.20. The van der Waals surface area contributed by atoms with E-state index in [9.17, 15) is 4.79 Å². The van der Waals surface area contributed by atoms with E-state index in [0.717, 1.165) is 28.0 Å². The minimum atomic E-state index is 0.0858. The Morgan fingerprint density at radius 2 is 1.70 bits per heavy atom. The van der Waals surface area contributed by atoms with E-state index in [0.29, 0.717) is 23.1 Å². The third-order valence-corrected chi connectivity index (χ3v) is 7.07. The number of halogens is 1. The van der Waals surface area contributed by atoms with Crippen LogP contribution in [0.5, 0.6) is 0 Å². The van der Waals surface area contributed by atoms with Gasteiger partial charge in [0, 0.05) is 11.3 Å². The predicted molar refractivity (Wildman–Crippen MR) is 129 cm³/mol. The van der Waals surface area contributed by atoms with E-state index in [1.807, 2.05) is 66.7 Å². The van der Waals surface area contributed by atoms with Crippen molar-refractivity contribution in [3.63, 3.8) is 0 Å². The molecule has 6 heteroatoms. The number of rotatable bonds is 8. The topological polar surface area (TPSA) is 33.2 Å². The molecule has 0 radical (unpaired) electrons. The van der Waals surface area contributed by atoms with Crippen LogP contribution in [0.3, 0.4) is 0 Å². The lowest BCUT2D eigenvalue weighted by molar-refractivity contribution is -0.118. The number of carbonyl (C=O) groups is 1. The molecule has 1 amide bonds. The zero-order valence-corrected chi connectivity index (χ0v) is 18.7. The van der Waals surface area contributed by atoms with Crippen molar-refractivity contribution in [2.45, 2.75) is 24.3 Å². The summed E-state index contributed by atoms with van der Waals surface area (Å²) in [4.78, 5) is 20.9. The first kappa shape index (κ1) is 20.9. The molecular weight excluding hydrogens is 432 g/mol. The number of carbonyl (C=O) groups excluding carboxylic acids is 1. The van der Waals surface area contributed by atoms with E-state index in [1.54, 1.807) is 16.7 Å². The van der Waals surface area contributed by atoms with Gasteiger partial charge in [-0.25, -0.2) is 4.98 Å². The predicted octanol–water partition coefficient (Wildman–Crippen LogP) is 7.06. The molecule has 0 spiro atoms. The molecule has 0 saturated carbocycles. The van der Waals surface area contributed by atoms with Gasteiger partial charge in [0.25, 0.3) is 0 Å². The first-order valence-electron chi connectivity index (χ1n) is 9.78. The minimum Gasteiger partial charge on any atom is -0.284 e. The monoisotopic (exact) mass is 452 g/mol. The fraction of sp³-hybridized carbons (Fsp3) is 0.167. The van der Waals surface area contributed by atoms with Gasteiger partial charge in [0.05, 0.1) is 16.3 Å². The minimum absolute atomic E-state index is 0.0858. The van der Waals surface area contributed by atoms with Crippen molar-refractivity contribution in [2.24, 2.45) is 0 Å². The van der Waals surface area contributed by atoms with Gasteiger partial charge in [-0.15, -0.1) is 11.8 Å². The fourth-order valence-corrected chi connectivity index (χ4v) is 5.27. The van der Waals surface area contributed by atoms with E-state index in [1.165, 1.54) is 16.2 Å². The second kappa shape index (κ2) is 10.1. The molecule has 0 fully saturated rings. The molecule has 0 unspecified atom stereocenters. The number of hydrogen-bond acceptors (Lipinski definition) is 4. The summed E-state index contributed by atoms with van der Waals surface area (Å²) in [6, 6.07) is 26.0. The van der Waals surface area contributed by atoms with Crippen LogP contribution < -0.4 is 4.90 Å². The van der Waals surface area contributed by atoms with Crippen molar-refractivity contribution in [2.75, 3.05) is 10.7 Å². The SMILES string of the molecule is O=C(CCCSc1ccccc1)N(Cc1ccccc1)c1nc2c(Cl)cccc2s1. The summed E-state index contributed by atoms with van der Waals surface area (Å²) >= 11 is 9.60. The molecule has 3 nitrogen and oxygen atoms in total. The van der Waals surface area contributed by atoms with Gasteiger partial charge in [-0.1, -0.05) is 77.5 Å². The van der Waals surface area contributed by atoms with Crippen molar-refractivity contribution < 1.29 is 4.79 Å². The maximum Gasteiger partial charge on any atom is 0.229 e. The average Bonchev–Trinajstić information content (AvgIpc) is 3.22. The number of thiazole rings is 1. The highest BCUT2D eigenvalue weighted by atomic mass is 35.5. The van der Waals surface area contributed by atoms with E-state index < -0.39 is 0 Å². The van der Waals surface area contributed by atoms with Gasteiger partial charge in [0.15, 0.2) is 5.13 Å². The summed E-state index contributed by atoms with van der Waals surface area (Å²) in [6.07, 6.45) is 1.30. The molecule has 0 aliphatic carbocycles. The standard InChI is InChI=1S/C24H21ClN2OS2/c25-20-13-7-14-21-23(20)26-24(30-21)27(17-18-9-3-1-4-10-18)22(28)15-8-16-29-19-11-5-2-6-12-19/h1-7,9-14H,8,15-17H2. The smallest absolute Gasteiger partial charge is 0.229 e. The van der Waals surface area contributed by atoms with E-state index >= 15 is 0 Å². The van der Waals surface area contributed by atoms with Crippen LogP contribution in [0.2, 0.25) is 5.02 Å².